The summed E-state index contributed by atoms with van der Waals surface area (Å²) in [6.07, 6.45) is -21.0. The number of benzene rings is 5. The number of anilines is 1. The van der Waals surface area contributed by atoms with Gasteiger partial charge in [-0.1, -0.05) is 0 Å². The molecule has 0 saturated carbocycles. The number of carbonyl (C=O) groups is 1. The van der Waals surface area contributed by atoms with E-state index in [-0.39, 0.29) is 36.4 Å². The normalized spacial score (nSPS) is 14.5. The van der Waals surface area contributed by atoms with E-state index in [0.29, 0.717) is 40.4 Å². The third-order valence-corrected chi connectivity index (χ3v) is 19.9. The van der Waals surface area contributed by atoms with Crippen LogP contribution in [0.4, 0.5) is 58.4 Å². The maximum atomic E-state index is 14.7. The summed E-state index contributed by atoms with van der Waals surface area (Å²) in [5.74, 6) is -0.741. The van der Waals surface area contributed by atoms with E-state index in [1.54, 1.807) is 112 Å². The molecule has 0 unspecified atom stereocenters. The minimum absolute atomic E-state index is 0.0487. The van der Waals surface area contributed by atoms with Gasteiger partial charge < -0.3 is 0 Å². The van der Waals surface area contributed by atoms with Crippen molar-refractivity contribution in [2.75, 3.05) is 11.5 Å². The molecule has 64 heavy (non-hydrogen) atoms. The Bertz CT molecular complexity index is 2320. The van der Waals surface area contributed by atoms with E-state index < -0.39 is 86.5 Å². The molecule has 5 aromatic rings. The molecule has 4 nitrogen and oxygen atoms in total. The summed E-state index contributed by atoms with van der Waals surface area (Å²) in [5.41, 5.74) is -7.54. The van der Waals surface area contributed by atoms with Crippen molar-refractivity contribution in [2.24, 2.45) is 5.41 Å². The van der Waals surface area contributed by atoms with Crippen LogP contribution in [-0.4, -0.2) is 29.3 Å². The van der Waals surface area contributed by atoms with Gasteiger partial charge in [0.15, 0.2) is 0 Å². The topological polar surface area (TPSA) is 53.2 Å². The molecule has 1 amide bonds. The molecule has 2 atom stereocenters. The number of alkyl halides is 12. The third kappa shape index (κ3) is 12.4. The van der Waals surface area contributed by atoms with Gasteiger partial charge in [-0.3, -0.25) is 0 Å². The van der Waals surface area contributed by atoms with Crippen LogP contribution in [0.2, 0.25) is 0 Å². The van der Waals surface area contributed by atoms with Crippen molar-refractivity contribution in [1.29, 1.82) is 0 Å². The quantitative estimate of drug-likeness (QED) is 0.0662. The van der Waals surface area contributed by atoms with Gasteiger partial charge in [-0.15, -0.1) is 0 Å². The van der Waals surface area contributed by atoms with E-state index in [9.17, 15) is 57.5 Å². The number of hydrogen-bond donors (Lipinski definition) is 3. The van der Waals surface area contributed by atoms with Gasteiger partial charge in [0.1, 0.15) is 0 Å². The molecule has 0 spiro atoms. The fraction of sp³-hybridized carbons (Fsp3) is 0.289. The SMILES string of the molecule is CC(C)(C)[C@H](NC(=S)Nc1cc(C(F)(F)F)cc(C(F)(F)F)c1)C(=O)N[C@@H](Cc1ccccc1)CP(Br)(Cc1cc(C(F)(F)F)cc(C(F)(F)F)c1)(c1ccccc1)c1ccccc1. The van der Waals surface area contributed by atoms with E-state index in [4.69, 9.17) is 12.2 Å². The van der Waals surface area contributed by atoms with Crippen LogP contribution >= 0.6 is 33.0 Å². The fourth-order valence-electron chi connectivity index (χ4n) is 7.44. The van der Waals surface area contributed by atoms with E-state index in [1.165, 1.54) is 0 Å². The Labute approximate surface area is 374 Å². The summed E-state index contributed by atoms with van der Waals surface area (Å²) in [4.78, 5) is 14.7. The van der Waals surface area contributed by atoms with Gasteiger partial charge in [-0.05, 0) is 0 Å². The molecule has 5 aromatic carbocycles. The average molecular weight is 1010 g/mol. The van der Waals surface area contributed by atoms with E-state index in [2.05, 4.69) is 31.4 Å². The van der Waals surface area contributed by atoms with Crippen LogP contribution in [0.15, 0.2) is 127 Å². The van der Waals surface area contributed by atoms with Gasteiger partial charge in [0.05, 0.1) is 0 Å². The molecule has 0 saturated heterocycles. The molecule has 344 valence electrons. The number of rotatable bonds is 12. The molecule has 0 fully saturated rings. The van der Waals surface area contributed by atoms with Gasteiger partial charge in [0.25, 0.3) is 0 Å². The molecule has 0 aliphatic rings. The Morgan fingerprint density at radius 1 is 0.578 bits per heavy atom. The van der Waals surface area contributed by atoms with Crippen LogP contribution in [0.5, 0.6) is 0 Å². The molecule has 0 bridgehead atoms. The predicted molar refractivity (Wildman–Crippen MR) is 234 cm³/mol. The van der Waals surface area contributed by atoms with Crippen LogP contribution in [0.3, 0.4) is 0 Å². The summed E-state index contributed by atoms with van der Waals surface area (Å²) in [5, 5.41) is 4.32. The van der Waals surface area contributed by atoms with Crippen molar-refractivity contribution in [3.05, 3.63) is 161 Å². The number of nitrogens with one attached hydrogen (secondary N) is 3. The minimum atomic E-state index is -5.15. The maximum absolute atomic E-state index is 14.7. The van der Waals surface area contributed by atoms with Crippen LogP contribution in [-0.2, 0) is 42.1 Å². The zero-order valence-electron chi connectivity index (χ0n) is 34.1. The predicted octanol–water partition coefficient (Wildman–Crippen LogP) is 12.9. The molecule has 0 aliphatic carbocycles. The molecule has 0 radical (unpaired) electrons. The molecule has 0 heterocycles. The summed E-state index contributed by atoms with van der Waals surface area (Å²) in [6.45, 7) is 4.86. The fourth-order valence-corrected chi connectivity index (χ4v) is 16.0. The Morgan fingerprint density at radius 2 is 0.969 bits per heavy atom. The van der Waals surface area contributed by atoms with E-state index >= 15 is 0 Å². The van der Waals surface area contributed by atoms with Crippen molar-refractivity contribution in [1.82, 2.24) is 10.6 Å². The molecule has 19 heteroatoms. The average Bonchev–Trinajstić information content (AvgIpc) is 3.19. The Hall–Kier alpha value is -4.67. The van der Waals surface area contributed by atoms with Crippen molar-refractivity contribution < 1.29 is 57.5 Å². The van der Waals surface area contributed by atoms with Gasteiger partial charge in [0, 0.05) is 0 Å². The Kier molecular flexibility index (Phi) is 14.7. The van der Waals surface area contributed by atoms with Crippen molar-refractivity contribution >= 4 is 60.3 Å². The summed E-state index contributed by atoms with van der Waals surface area (Å²) in [6, 6.07) is 25.6. The molecule has 0 aromatic heterocycles. The summed E-state index contributed by atoms with van der Waals surface area (Å²) >= 11 is 9.45. The number of hydrogen-bond acceptors (Lipinski definition) is 2. The van der Waals surface area contributed by atoms with Crippen LogP contribution in [0, 0.1) is 5.41 Å². The number of thiocarbonyl (C=S) groups is 1. The Morgan fingerprint density at radius 3 is 1.36 bits per heavy atom. The zero-order valence-corrected chi connectivity index (χ0v) is 37.4. The monoisotopic (exact) mass is 1010 g/mol. The Balaban J connectivity index is 1.63. The number of amides is 1. The van der Waals surface area contributed by atoms with Crippen LogP contribution in [0.25, 0.3) is 0 Å². The third-order valence-electron chi connectivity index (χ3n) is 10.4. The molecule has 5 rings (SSSR count). The second-order valence-corrected chi connectivity index (χ2v) is 26.4. The van der Waals surface area contributed by atoms with Crippen LogP contribution < -0.4 is 26.6 Å². The zero-order chi connectivity index (χ0) is 47.5. The van der Waals surface area contributed by atoms with Crippen molar-refractivity contribution in [2.45, 2.75) is 70.1 Å². The molecular formula is C45H41BrF12N3OPS. The summed E-state index contributed by atoms with van der Waals surface area (Å²) < 4.78 is 168. The first-order valence-corrected chi connectivity index (χ1v) is 24.3. The molecule has 0 aliphatic heterocycles. The first kappa shape index (κ1) is 50.3. The number of carbonyl (C=O) groups excluding carboxylic acids is 1. The molecule has 3 N–H and O–H groups in total. The van der Waals surface area contributed by atoms with Gasteiger partial charge in [-0.25, -0.2) is 0 Å². The second kappa shape index (κ2) is 18.7. The first-order valence-electron chi connectivity index (χ1n) is 19.3. The van der Waals surface area contributed by atoms with Crippen LogP contribution in [0.1, 0.15) is 54.2 Å². The van der Waals surface area contributed by atoms with Gasteiger partial charge >= 0.3 is 350 Å². The van der Waals surface area contributed by atoms with Gasteiger partial charge in [-0.2, -0.15) is 26.3 Å². The van der Waals surface area contributed by atoms with Crippen molar-refractivity contribution in [3.8, 4) is 0 Å². The first-order chi connectivity index (χ1) is 29.5. The summed E-state index contributed by atoms with van der Waals surface area (Å²) in [7, 11) is 0. The molecular weight excluding hydrogens is 969 g/mol. The second-order valence-electron chi connectivity index (χ2n) is 16.4. The number of halogens is 13. The van der Waals surface area contributed by atoms with E-state index in [1.807, 2.05) is 0 Å². The van der Waals surface area contributed by atoms with E-state index in [0.717, 1.165) is 0 Å². The standard InChI is InChI=1S/C45H41BrF12N3OPS/c1-41(2,3)38(61-40(64)60-34-24-32(44(53,54)55)23-33(25-34)45(56,57)58)39(62)59-35(21-28-13-7-4-8-14-28)27-63(46,36-15-9-5-10-16-36,37-17-11-6-12-18-37)26-29-19-30(42(47,48)49)22-31(20-29)43(50,51)52/h4-20,22-25,35,38H,21,26-27H2,1-3H3,(H,59,62)(H2,60,61,64)/t35-,38+/m0/s1. The van der Waals surface area contributed by atoms with Crippen molar-refractivity contribution in [3.63, 3.8) is 0 Å². The van der Waals surface area contributed by atoms with Gasteiger partial charge in [0.2, 0.25) is 0 Å².